The molecule has 1 fully saturated rings. The summed E-state index contributed by atoms with van der Waals surface area (Å²) in [5.41, 5.74) is -0.286. The van der Waals surface area contributed by atoms with Crippen LogP contribution >= 0.6 is 11.8 Å². The Morgan fingerprint density at radius 2 is 2.38 bits per heavy atom. The average molecular weight is 313 g/mol. The summed E-state index contributed by atoms with van der Waals surface area (Å²) in [5, 5.41) is 0. The van der Waals surface area contributed by atoms with E-state index < -0.39 is 0 Å². The van der Waals surface area contributed by atoms with Gasteiger partial charge in [-0.1, -0.05) is 13.3 Å². The van der Waals surface area contributed by atoms with Crippen molar-refractivity contribution in [2.24, 2.45) is 0 Å². The summed E-state index contributed by atoms with van der Waals surface area (Å²) in [6, 6.07) is 1.82. The number of hydrogen-bond donors (Lipinski definition) is 0. The Labute approximate surface area is 129 Å². The summed E-state index contributed by atoms with van der Waals surface area (Å²) in [6.07, 6.45) is 3.68. The molecular weight excluding hydrogens is 290 g/mol. The van der Waals surface area contributed by atoms with Gasteiger partial charge in [-0.15, -0.1) is 11.8 Å². The topological polar surface area (TPSA) is 56.6 Å². The lowest BCUT2D eigenvalue weighted by Gasteiger charge is -2.16. The van der Waals surface area contributed by atoms with E-state index in [1.54, 1.807) is 27.4 Å². The predicted octanol–water partition coefficient (Wildman–Crippen LogP) is 1.71. The smallest absolute Gasteiger partial charge is 0.351 e. The summed E-state index contributed by atoms with van der Waals surface area (Å²) in [6.45, 7) is 3.47. The summed E-state index contributed by atoms with van der Waals surface area (Å²) >= 11 is 1.68. The second kappa shape index (κ2) is 7.82. The van der Waals surface area contributed by atoms with Gasteiger partial charge < -0.3 is 14.4 Å². The fourth-order valence-electron chi connectivity index (χ4n) is 1.97. The summed E-state index contributed by atoms with van der Waals surface area (Å²) in [5.74, 6) is 1.39. The molecule has 0 saturated carbocycles. The fraction of sp³-hybridized carbons (Fsp3) is 0.714. The van der Waals surface area contributed by atoms with Crippen LogP contribution < -0.4 is 10.6 Å². The molecule has 1 aromatic rings. The van der Waals surface area contributed by atoms with Gasteiger partial charge in [0, 0.05) is 32.7 Å². The lowest BCUT2D eigenvalue weighted by molar-refractivity contribution is -0.0250. The second-order valence-electron chi connectivity index (χ2n) is 5.15. The van der Waals surface area contributed by atoms with Crippen LogP contribution in [0.1, 0.15) is 26.0 Å². The molecule has 0 aliphatic carbocycles. The van der Waals surface area contributed by atoms with Crippen molar-refractivity contribution in [1.29, 1.82) is 0 Å². The highest BCUT2D eigenvalue weighted by atomic mass is 32.2. The molecule has 2 heterocycles. The van der Waals surface area contributed by atoms with Crippen molar-refractivity contribution < 1.29 is 9.47 Å². The van der Waals surface area contributed by atoms with Crippen molar-refractivity contribution in [1.82, 2.24) is 9.55 Å². The van der Waals surface area contributed by atoms with Crippen LogP contribution in [-0.4, -0.2) is 48.0 Å². The van der Waals surface area contributed by atoms with Gasteiger partial charge in [0.05, 0.1) is 6.61 Å². The molecule has 2 atom stereocenters. The van der Waals surface area contributed by atoms with Crippen LogP contribution in [-0.2, 0) is 9.47 Å². The minimum atomic E-state index is -0.278. The zero-order chi connectivity index (χ0) is 15.2. The molecule has 7 heteroatoms. The zero-order valence-electron chi connectivity index (χ0n) is 12.8. The Kier molecular flexibility index (Phi) is 6.08. The van der Waals surface area contributed by atoms with Crippen LogP contribution in [0, 0.1) is 0 Å². The van der Waals surface area contributed by atoms with Crippen molar-refractivity contribution in [3.63, 3.8) is 0 Å². The van der Waals surface area contributed by atoms with Crippen LogP contribution in [0.2, 0.25) is 0 Å². The second-order valence-corrected chi connectivity index (χ2v) is 6.34. The van der Waals surface area contributed by atoms with Gasteiger partial charge in [0.15, 0.2) is 0 Å². The Hall–Kier alpha value is -1.05. The molecule has 118 valence electrons. The largest absolute Gasteiger partial charge is 0.378 e. The van der Waals surface area contributed by atoms with Crippen molar-refractivity contribution in [3.8, 4) is 0 Å². The Bertz CT molecular complexity index is 506. The predicted molar refractivity (Wildman–Crippen MR) is 84.9 cm³/mol. The fourth-order valence-corrected chi connectivity index (χ4v) is 2.99. The van der Waals surface area contributed by atoms with Gasteiger partial charge in [0.2, 0.25) is 0 Å². The normalized spacial score (nSPS) is 21.7. The van der Waals surface area contributed by atoms with Gasteiger partial charge in [-0.3, -0.25) is 4.57 Å². The van der Waals surface area contributed by atoms with E-state index in [-0.39, 0.29) is 17.4 Å². The molecule has 0 aromatic carbocycles. The van der Waals surface area contributed by atoms with Crippen LogP contribution in [0.4, 0.5) is 5.82 Å². The molecule has 0 spiro atoms. The van der Waals surface area contributed by atoms with Crippen LogP contribution in [0.5, 0.6) is 0 Å². The Balaban J connectivity index is 1.90. The number of aromatic nitrogens is 2. The molecule has 0 radical (unpaired) electrons. The van der Waals surface area contributed by atoms with Crippen molar-refractivity contribution >= 4 is 17.6 Å². The molecule has 6 nitrogen and oxygen atoms in total. The third-order valence-electron chi connectivity index (χ3n) is 3.21. The molecule has 1 unspecified atom stereocenters. The molecule has 1 aliphatic heterocycles. The minimum Gasteiger partial charge on any atom is -0.378 e. The molecular formula is C14H23N3O3S. The minimum absolute atomic E-state index is 0.00715. The summed E-state index contributed by atoms with van der Waals surface area (Å²) < 4.78 is 13.0. The monoisotopic (exact) mass is 313 g/mol. The maximum atomic E-state index is 12.0. The van der Waals surface area contributed by atoms with Gasteiger partial charge in [-0.25, -0.2) is 4.79 Å². The van der Waals surface area contributed by atoms with E-state index in [2.05, 4.69) is 11.9 Å². The Morgan fingerprint density at radius 1 is 1.57 bits per heavy atom. The van der Waals surface area contributed by atoms with Gasteiger partial charge in [-0.2, -0.15) is 4.98 Å². The number of thioether (sulfide) groups is 1. The quantitative estimate of drug-likeness (QED) is 0.714. The number of unbranched alkanes of at least 4 members (excludes halogenated alkanes) is 1. The van der Waals surface area contributed by atoms with Gasteiger partial charge in [0.1, 0.15) is 17.5 Å². The van der Waals surface area contributed by atoms with Crippen molar-refractivity contribution in [2.45, 2.75) is 31.4 Å². The van der Waals surface area contributed by atoms with E-state index in [1.807, 2.05) is 20.2 Å². The number of ether oxygens (including phenoxy) is 2. The first-order valence-electron chi connectivity index (χ1n) is 7.23. The highest BCUT2D eigenvalue weighted by Crippen LogP contribution is 2.31. The molecule has 0 amide bonds. The van der Waals surface area contributed by atoms with E-state index in [0.717, 1.165) is 25.2 Å². The SMILES string of the molecule is CCCCOCC1O[C@@H](n2ccc(N(C)C)nc2=O)CS1. The third kappa shape index (κ3) is 4.46. The first-order chi connectivity index (χ1) is 10.1. The van der Waals surface area contributed by atoms with Crippen LogP contribution in [0.3, 0.4) is 0 Å². The third-order valence-corrected chi connectivity index (χ3v) is 4.31. The Morgan fingerprint density at radius 3 is 3.05 bits per heavy atom. The van der Waals surface area contributed by atoms with Gasteiger partial charge in [0.25, 0.3) is 0 Å². The van der Waals surface area contributed by atoms with E-state index in [0.29, 0.717) is 12.4 Å². The summed E-state index contributed by atoms with van der Waals surface area (Å²) in [4.78, 5) is 17.9. The first-order valence-corrected chi connectivity index (χ1v) is 8.28. The van der Waals surface area contributed by atoms with E-state index >= 15 is 0 Å². The number of nitrogens with zero attached hydrogens (tertiary/aromatic N) is 3. The molecule has 0 bridgehead atoms. The molecule has 1 aliphatic rings. The highest BCUT2D eigenvalue weighted by Gasteiger charge is 2.28. The van der Waals surface area contributed by atoms with E-state index in [9.17, 15) is 4.79 Å². The van der Waals surface area contributed by atoms with Gasteiger partial charge in [-0.05, 0) is 12.5 Å². The molecule has 2 rings (SSSR count). The first kappa shape index (κ1) is 16.3. The maximum absolute atomic E-state index is 12.0. The lowest BCUT2D eigenvalue weighted by atomic mass is 10.4. The van der Waals surface area contributed by atoms with Crippen molar-refractivity contribution in [3.05, 3.63) is 22.7 Å². The van der Waals surface area contributed by atoms with Crippen molar-refractivity contribution in [2.75, 3.05) is 38.0 Å². The summed E-state index contributed by atoms with van der Waals surface area (Å²) in [7, 11) is 3.72. The molecule has 0 N–H and O–H groups in total. The standard InChI is InChI=1S/C14H23N3O3S/c1-4-5-8-19-9-13-20-12(10-21-13)17-7-6-11(16(2)3)15-14(17)18/h6-7,12-13H,4-5,8-10H2,1-3H3/t12-,13?/m1/s1. The lowest BCUT2D eigenvalue weighted by Crippen LogP contribution is -2.30. The molecule has 1 aromatic heterocycles. The molecule has 1 saturated heterocycles. The number of hydrogen-bond acceptors (Lipinski definition) is 6. The highest BCUT2D eigenvalue weighted by molar-refractivity contribution is 8.00. The number of rotatable bonds is 7. The average Bonchev–Trinajstić information content (AvgIpc) is 2.92. The van der Waals surface area contributed by atoms with E-state index in [1.165, 1.54) is 0 Å². The van der Waals surface area contributed by atoms with Crippen LogP contribution in [0.15, 0.2) is 17.1 Å². The zero-order valence-corrected chi connectivity index (χ0v) is 13.6. The number of anilines is 1. The maximum Gasteiger partial charge on any atom is 0.351 e. The van der Waals surface area contributed by atoms with Gasteiger partial charge >= 0.3 is 5.69 Å². The van der Waals surface area contributed by atoms with Crippen LogP contribution in [0.25, 0.3) is 0 Å². The molecule has 21 heavy (non-hydrogen) atoms. The van der Waals surface area contributed by atoms with E-state index in [4.69, 9.17) is 9.47 Å².